The van der Waals surface area contributed by atoms with Crippen molar-refractivity contribution in [1.82, 2.24) is 9.88 Å². The molecular formula is C19H24N2O4S. The number of aliphatic hydroxyl groups excluding tert-OH is 1. The fourth-order valence-electron chi connectivity index (χ4n) is 2.63. The Morgan fingerprint density at radius 2 is 2.12 bits per heavy atom. The summed E-state index contributed by atoms with van der Waals surface area (Å²) in [6.07, 6.45) is 2.41. The van der Waals surface area contributed by atoms with E-state index in [9.17, 15) is 4.79 Å². The molecule has 1 heterocycles. The molecule has 0 spiro atoms. The molecule has 0 saturated heterocycles. The number of ether oxygens (including phenoxy) is 2. The number of benzene rings is 1. The van der Waals surface area contributed by atoms with Crippen molar-refractivity contribution in [3.05, 3.63) is 45.9 Å². The van der Waals surface area contributed by atoms with Gasteiger partial charge in [0.2, 0.25) is 5.91 Å². The minimum absolute atomic E-state index is 0.0307. The van der Waals surface area contributed by atoms with Crippen molar-refractivity contribution in [3.63, 3.8) is 0 Å². The number of thiazole rings is 1. The maximum atomic E-state index is 12.2. The highest BCUT2D eigenvalue weighted by Gasteiger charge is 2.26. The normalized spacial score (nSPS) is 13.6. The summed E-state index contributed by atoms with van der Waals surface area (Å²) in [5.41, 5.74) is 1.74. The topological polar surface area (TPSA) is 71.9 Å². The lowest BCUT2D eigenvalue weighted by molar-refractivity contribution is -0.136. The van der Waals surface area contributed by atoms with E-state index in [1.54, 1.807) is 7.11 Å². The number of hydrogen-bond acceptors (Lipinski definition) is 6. The van der Waals surface area contributed by atoms with Crippen LogP contribution in [-0.4, -0.2) is 41.2 Å². The number of carbonyl (C=O) groups is 1. The summed E-state index contributed by atoms with van der Waals surface area (Å²) in [4.78, 5) is 18.4. The number of rotatable bonds is 10. The van der Waals surface area contributed by atoms with Crippen LogP contribution in [0.1, 0.15) is 29.1 Å². The zero-order chi connectivity index (χ0) is 18.4. The van der Waals surface area contributed by atoms with Gasteiger partial charge >= 0.3 is 0 Å². The number of aliphatic hydroxyl groups is 1. The summed E-state index contributed by atoms with van der Waals surface area (Å²) in [6.45, 7) is 1.84. The largest absolute Gasteiger partial charge is 0.486 e. The Labute approximate surface area is 157 Å². The van der Waals surface area contributed by atoms with Crippen LogP contribution in [0, 0.1) is 5.92 Å². The van der Waals surface area contributed by atoms with Gasteiger partial charge in [0.05, 0.1) is 12.3 Å². The first-order valence-electron chi connectivity index (χ1n) is 8.70. The summed E-state index contributed by atoms with van der Waals surface area (Å²) in [5.74, 6) is 1.43. The Morgan fingerprint density at radius 3 is 2.73 bits per heavy atom. The van der Waals surface area contributed by atoms with E-state index in [0.717, 1.165) is 22.9 Å². The Hall–Kier alpha value is -1.96. The van der Waals surface area contributed by atoms with E-state index in [0.29, 0.717) is 24.8 Å². The van der Waals surface area contributed by atoms with Crippen LogP contribution in [0.5, 0.6) is 5.75 Å². The van der Waals surface area contributed by atoms with Crippen LogP contribution in [0.2, 0.25) is 0 Å². The van der Waals surface area contributed by atoms with E-state index >= 15 is 0 Å². The minimum Gasteiger partial charge on any atom is -0.486 e. The molecule has 1 fully saturated rings. The smallest absolute Gasteiger partial charge is 0.248 e. The maximum Gasteiger partial charge on any atom is 0.248 e. The zero-order valence-corrected chi connectivity index (χ0v) is 15.7. The fraction of sp³-hybridized carbons (Fsp3) is 0.474. The number of nitrogens with zero attached hydrogens (tertiary/aromatic N) is 2. The van der Waals surface area contributed by atoms with Crippen LogP contribution < -0.4 is 4.74 Å². The van der Waals surface area contributed by atoms with Gasteiger partial charge in [0.25, 0.3) is 0 Å². The van der Waals surface area contributed by atoms with Crippen molar-refractivity contribution in [2.24, 2.45) is 5.92 Å². The molecule has 0 unspecified atom stereocenters. The number of hydrogen-bond donors (Lipinski definition) is 1. The molecule has 1 N–H and O–H groups in total. The van der Waals surface area contributed by atoms with Crippen molar-refractivity contribution >= 4 is 17.2 Å². The molecule has 1 aromatic carbocycles. The summed E-state index contributed by atoms with van der Waals surface area (Å²) in [5, 5.41) is 11.7. The first-order chi connectivity index (χ1) is 12.7. The van der Waals surface area contributed by atoms with Gasteiger partial charge in [0.1, 0.15) is 24.0 Å². The molecule has 0 bridgehead atoms. The van der Waals surface area contributed by atoms with Gasteiger partial charge in [-0.05, 0) is 36.5 Å². The molecule has 7 heteroatoms. The van der Waals surface area contributed by atoms with Crippen LogP contribution in [0.15, 0.2) is 29.6 Å². The van der Waals surface area contributed by atoms with Crippen LogP contribution in [0.4, 0.5) is 0 Å². The van der Waals surface area contributed by atoms with E-state index in [-0.39, 0.29) is 19.1 Å². The average Bonchev–Trinajstić information content (AvgIpc) is 3.35. The van der Waals surface area contributed by atoms with E-state index in [1.165, 1.54) is 24.2 Å². The molecule has 0 radical (unpaired) electrons. The molecule has 1 aliphatic rings. The Kier molecular flexibility index (Phi) is 6.60. The molecule has 1 aromatic heterocycles. The first-order valence-corrected chi connectivity index (χ1v) is 9.58. The summed E-state index contributed by atoms with van der Waals surface area (Å²) in [7, 11) is 1.55. The first kappa shape index (κ1) is 18.8. The highest BCUT2D eigenvalue weighted by atomic mass is 32.1. The molecule has 3 rings (SSSR count). The molecule has 1 aliphatic carbocycles. The second-order valence-corrected chi connectivity index (χ2v) is 7.42. The zero-order valence-electron chi connectivity index (χ0n) is 14.9. The van der Waals surface area contributed by atoms with E-state index < -0.39 is 0 Å². The van der Waals surface area contributed by atoms with Crippen LogP contribution in [0.3, 0.4) is 0 Å². The number of methoxy groups -OCH3 is 1. The molecule has 0 atom stereocenters. The molecule has 1 saturated carbocycles. The van der Waals surface area contributed by atoms with Gasteiger partial charge in [0.15, 0.2) is 0 Å². The van der Waals surface area contributed by atoms with Crippen LogP contribution in [-0.2, 0) is 29.3 Å². The highest BCUT2D eigenvalue weighted by molar-refractivity contribution is 7.09. The van der Waals surface area contributed by atoms with Crippen LogP contribution >= 0.6 is 11.3 Å². The van der Waals surface area contributed by atoms with Crippen molar-refractivity contribution in [2.45, 2.75) is 32.6 Å². The van der Waals surface area contributed by atoms with E-state index in [4.69, 9.17) is 14.6 Å². The fourth-order valence-corrected chi connectivity index (χ4v) is 3.32. The van der Waals surface area contributed by atoms with Gasteiger partial charge in [-0.2, -0.15) is 0 Å². The number of carbonyl (C=O) groups excluding carboxylic acids is 1. The van der Waals surface area contributed by atoms with Crippen molar-refractivity contribution in [3.8, 4) is 5.75 Å². The van der Waals surface area contributed by atoms with Gasteiger partial charge in [-0.3, -0.25) is 4.79 Å². The summed E-state index contributed by atoms with van der Waals surface area (Å²) >= 11 is 1.47. The summed E-state index contributed by atoms with van der Waals surface area (Å²) in [6, 6.07) is 7.78. The Bertz CT molecular complexity index is 713. The predicted molar refractivity (Wildman–Crippen MR) is 98.8 cm³/mol. The average molecular weight is 376 g/mol. The minimum atomic E-state index is -0.0512. The van der Waals surface area contributed by atoms with Crippen molar-refractivity contribution in [2.75, 3.05) is 20.3 Å². The van der Waals surface area contributed by atoms with Gasteiger partial charge in [0, 0.05) is 25.6 Å². The lowest BCUT2D eigenvalue weighted by Gasteiger charge is -2.22. The molecule has 2 aromatic rings. The second kappa shape index (κ2) is 9.12. The number of amides is 1. The van der Waals surface area contributed by atoms with Gasteiger partial charge in [-0.15, -0.1) is 11.3 Å². The monoisotopic (exact) mass is 376 g/mol. The van der Waals surface area contributed by atoms with Crippen LogP contribution in [0.25, 0.3) is 0 Å². The molecule has 0 aliphatic heterocycles. The third-order valence-electron chi connectivity index (χ3n) is 4.22. The third kappa shape index (κ3) is 5.52. The Balaban J connectivity index is 1.54. The number of aromatic nitrogens is 1. The lowest BCUT2D eigenvalue weighted by Crippen LogP contribution is -2.35. The second-order valence-electron chi connectivity index (χ2n) is 6.47. The molecule has 26 heavy (non-hydrogen) atoms. The van der Waals surface area contributed by atoms with Crippen molar-refractivity contribution in [1.29, 1.82) is 0 Å². The van der Waals surface area contributed by atoms with E-state index in [1.807, 2.05) is 34.5 Å². The van der Waals surface area contributed by atoms with Crippen molar-refractivity contribution < 1.29 is 19.4 Å². The maximum absolute atomic E-state index is 12.2. The predicted octanol–water partition coefficient (Wildman–Crippen LogP) is 2.60. The highest BCUT2D eigenvalue weighted by Crippen LogP contribution is 2.30. The lowest BCUT2D eigenvalue weighted by atomic mass is 10.2. The SMILES string of the molecule is COCC(=O)N(Cc1ccc(OCc2nc(CO)cs2)cc1)CC1CC1. The third-order valence-corrected chi connectivity index (χ3v) is 5.09. The Morgan fingerprint density at radius 1 is 1.35 bits per heavy atom. The van der Waals surface area contributed by atoms with Gasteiger partial charge in [-0.1, -0.05) is 12.1 Å². The molecular weight excluding hydrogens is 352 g/mol. The molecule has 6 nitrogen and oxygen atoms in total. The molecule has 140 valence electrons. The quantitative estimate of drug-likeness (QED) is 0.690. The summed E-state index contributed by atoms with van der Waals surface area (Å²) < 4.78 is 10.7. The van der Waals surface area contributed by atoms with E-state index in [2.05, 4.69) is 4.98 Å². The molecule has 1 amide bonds. The van der Waals surface area contributed by atoms with Gasteiger partial charge in [-0.25, -0.2) is 4.98 Å². The standard InChI is InChI=1S/C19H24N2O4S/c1-24-12-19(23)21(8-14-2-3-14)9-15-4-6-17(7-5-15)25-11-18-20-16(10-22)13-26-18/h4-7,13-14,22H,2-3,8-12H2,1H3. The van der Waals surface area contributed by atoms with Gasteiger partial charge < -0.3 is 19.5 Å².